The molecule has 1 N–H and O–H groups in total. The molecule has 1 aliphatic heterocycles. The number of halogens is 1. The summed E-state index contributed by atoms with van der Waals surface area (Å²) in [6.45, 7) is 0.387. The number of nitrogens with one attached hydrogen (secondary N) is 1. The SMILES string of the molecule is O=C1CCN(c2ccccc2Cl)C(=O)C(C2CC2)N1. The van der Waals surface area contributed by atoms with Gasteiger partial charge in [0.2, 0.25) is 11.8 Å². The average molecular weight is 279 g/mol. The molecule has 2 fully saturated rings. The van der Waals surface area contributed by atoms with Crippen molar-refractivity contribution in [1.29, 1.82) is 0 Å². The van der Waals surface area contributed by atoms with Gasteiger partial charge in [-0.05, 0) is 30.9 Å². The first-order chi connectivity index (χ1) is 9.16. The highest BCUT2D eigenvalue weighted by Crippen LogP contribution is 2.36. The number of benzene rings is 1. The fraction of sp³-hybridized carbons (Fsp3) is 0.429. The van der Waals surface area contributed by atoms with E-state index in [9.17, 15) is 9.59 Å². The molecule has 4 nitrogen and oxygen atoms in total. The van der Waals surface area contributed by atoms with Crippen LogP contribution in [-0.2, 0) is 9.59 Å². The van der Waals surface area contributed by atoms with Crippen LogP contribution in [0.4, 0.5) is 5.69 Å². The Labute approximate surface area is 116 Å². The molecule has 5 heteroatoms. The molecule has 1 aromatic rings. The maximum atomic E-state index is 12.6. The Morgan fingerprint density at radius 2 is 1.95 bits per heavy atom. The van der Waals surface area contributed by atoms with Crippen molar-refractivity contribution in [1.82, 2.24) is 5.32 Å². The van der Waals surface area contributed by atoms with Gasteiger partial charge in [0.25, 0.3) is 0 Å². The Kier molecular flexibility index (Phi) is 3.19. The van der Waals surface area contributed by atoms with Crippen molar-refractivity contribution in [3.05, 3.63) is 29.3 Å². The number of amides is 2. The summed E-state index contributed by atoms with van der Waals surface area (Å²) in [4.78, 5) is 25.9. The summed E-state index contributed by atoms with van der Waals surface area (Å²) in [7, 11) is 0. The molecule has 0 spiro atoms. The molecule has 1 heterocycles. The van der Waals surface area contributed by atoms with Gasteiger partial charge in [0.15, 0.2) is 0 Å². The van der Waals surface area contributed by atoms with Gasteiger partial charge in [0, 0.05) is 13.0 Å². The number of anilines is 1. The molecule has 2 aliphatic rings. The fourth-order valence-corrected chi connectivity index (χ4v) is 2.70. The maximum Gasteiger partial charge on any atom is 0.249 e. The van der Waals surface area contributed by atoms with Gasteiger partial charge in [-0.15, -0.1) is 0 Å². The highest BCUT2D eigenvalue weighted by Gasteiger charge is 2.41. The quantitative estimate of drug-likeness (QED) is 0.899. The molecular weight excluding hydrogens is 264 g/mol. The van der Waals surface area contributed by atoms with Gasteiger partial charge >= 0.3 is 0 Å². The van der Waals surface area contributed by atoms with E-state index in [4.69, 9.17) is 11.6 Å². The van der Waals surface area contributed by atoms with E-state index in [1.165, 1.54) is 0 Å². The molecule has 0 aromatic heterocycles. The van der Waals surface area contributed by atoms with Crippen molar-refractivity contribution in [3.8, 4) is 0 Å². The predicted molar refractivity (Wildman–Crippen MR) is 73.1 cm³/mol. The normalized spacial score (nSPS) is 24.1. The number of hydrogen-bond acceptors (Lipinski definition) is 2. The lowest BCUT2D eigenvalue weighted by molar-refractivity contribution is -0.126. The van der Waals surface area contributed by atoms with Crippen LogP contribution in [0.5, 0.6) is 0 Å². The summed E-state index contributed by atoms with van der Waals surface area (Å²) in [6, 6.07) is 6.87. The maximum absolute atomic E-state index is 12.6. The lowest BCUT2D eigenvalue weighted by Gasteiger charge is -2.24. The predicted octanol–water partition coefficient (Wildman–Crippen LogP) is 1.97. The largest absolute Gasteiger partial charge is 0.344 e. The third-order valence-electron chi connectivity index (χ3n) is 3.65. The van der Waals surface area contributed by atoms with Gasteiger partial charge in [-0.25, -0.2) is 0 Å². The molecule has 0 bridgehead atoms. The summed E-state index contributed by atoms with van der Waals surface area (Å²) in [5, 5.41) is 3.38. The Bertz CT molecular complexity index is 528. The molecule has 1 unspecified atom stereocenters. The first-order valence-corrected chi connectivity index (χ1v) is 6.90. The van der Waals surface area contributed by atoms with E-state index < -0.39 is 0 Å². The van der Waals surface area contributed by atoms with E-state index in [-0.39, 0.29) is 17.9 Å². The number of para-hydroxylation sites is 1. The van der Waals surface area contributed by atoms with Crippen LogP contribution >= 0.6 is 11.6 Å². The second kappa shape index (κ2) is 4.85. The molecule has 1 saturated carbocycles. The third-order valence-corrected chi connectivity index (χ3v) is 3.97. The minimum atomic E-state index is -0.383. The van der Waals surface area contributed by atoms with Crippen molar-refractivity contribution in [3.63, 3.8) is 0 Å². The molecule has 1 aromatic carbocycles. The standard InChI is InChI=1S/C14H15ClN2O2/c15-10-3-1-2-4-11(10)17-8-7-12(18)16-13(14(17)19)9-5-6-9/h1-4,9,13H,5-8H2,(H,16,18). The Morgan fingerprint density at radius 3 is 2.63 bits per heavy atom. The zero-order chi connectivity index (χ0) is 13.4. The van der Waals surface area contributed by atoms with Gasteiger partial charge in [0.1, 0.15) is 6.04 Å². The molecule has 100 valence electrons. The number of carbonyl (C=O) groups excluding carboxylic acids is 2. The second-order valence-electron chi connectivity index (χ2n) is 5.07. The highest BCUT2D eigenvalue weighted by atomic mass is 35.5. The van der Waals surface area contributed by atoms with Gasteiger partial charge in [0.05, 0.1) is 10.7 Å². The zero-order valence-corrected chi connectivity index (χ0v) is 11.2. The van der Waals surface area contributed by atoms with Crippen LogP contribution in [0, 0.1) is 5.92 Å². The lowest BCUT2D eigenvalue weighted by atomic mass is 10.1. The summed E-state index contributed by atoms with van der Waals surface area (Å²) >= 11 is 6.16. The van der Waals surface area contributed by atoms with E-state index in [1.807, 2.05) is 18.2 Å². The summed E-state index contributed by atoms with van der Waals surface area (Å²) in [5.41, 5.74) is 0.691. The second-order valence-corrected chi connectivity index (χ2v) is 5.48. The van der Waals surface area contributed by atoms with Gasteiger partial charge in [-0.3, -0.25) is 9.59 Å². The van der Waals surface area contributed by atoms with Crippen molar-refractivity contribution in [2.75, 3.05) is 11.4 Å². The van der Waals surface area contributed by atoms with Crippen molar-refractivity contribution >= 4 is 29.1 Å². The third kappa shape index (κ3) is 2.45. The highest BCUT2D eigenvalue weighted by molar-refractivity contribution is 6.33. The van der Waals surface area contributed by atoms with Crippen molar-refractivity contribution in [2.24, 2.45) is 5.92 Å². The Morgan fingerprint density at radius 1 is 1.21 bits per heavy atom. The summed E-state index contributed by atoms with van der Waals surface area (Å²) in [6.07, 6.45) is 2.33. The topological polar surface area (TPSA) is 49.4 Å². The zero-order valence-electron chi connectivity index (χ0n) is 10.4. The van der Waals surface area contributed by atoms with Crippen LogP contribution in [0.15, 0.2) is 24.3 Å². The van der Waals surface area contributed by atoms with Crippen molar-refractivity contribution in [2.45, 2.75) is 25.3 Å². The van der Waals surface area contributed by atoms with Gasteiger partial charge in [-0.2, -0.15) is 0 Å². The Hall–Kier alpha value is -1.55. The summed E-state index contributed by atoms with van der Waals surface area (Å²) in [5.74, 6) is 0.195. The van der Waals surface area contributed by atoms with Crippen LogP contribution < -0.4 is 10.2 Å². The van der Waals surface area contributed by atoms with E-state index in [2.05, 4.69) is 5.32 Å². The lowest BCUT2D eigenvalue weighted by Crippen LogP contribution is -2.46. The van der Waals surface area contributed by atoms with Crippen molar-refractivity contribution < 1.29 is 9.59 Å². The van der Waals surface area contributed by atoms with Crippen LogP contribution in [-0.4, -0.2) is 24.4 Å². The molecule has 1 aliphatic carbocycles. The molecule has 2 amide bonds. The average Bonchev–Trinajstić information content (AvgIpc) is 3.21. The van der Waals surface area contributed by atoms with Gasteiger partial charge in [-0.1, -0.05) is 23.7 Å². The minimum Gasteiger partial charge on any atom is -0.344 e. The fourth-order valence-electron chi connectivity index (χ4n) is 2.46. The number of carbonyl (C=O) groups is 2. The molecule has 3 rings (SSSR count). The van der Waals surface area contributed by atoms with Crippen LogP contribution in [0.3, 0.4) is 0 Å². The first kappa shape index (κ1) is 12.5. The monoisotopic (exact) mass is 278 g/mol. The van der Waals surface area contributed by atoms with E-state index >= 15 is 0 Å². The van der Waals surface area contributed by atoms with E-state index in [1.54, 1.807) is 11.0 Å². The van der Waals surface area contributed by atoms with Crippen LogP contribution in [0.1, 0.15) is 19.3 Å². The molecule has 0 radical (unpaired) electrons. The smallest absolute Gasteiger partial charge is 0.249 e. The molecule has 1 atom stereocenters. The van der Waals surface area contributed by atoms with Gasteiger partial charge < -0.3 is 10.2 Å². The van der Waals surface area contributed by atoms with E-state index in [0.717, 1.165) is 12.8 Å². The van der Waals surface area contributed by atoms with Crippen LogP contribution in [0.25, 0.3) is 0 Å². The first-order valence-electron chi connectivity index (χ1n) is 6.52. The molecular formula is C14H15ClN2O2. The number of hydrogen-bond donors (Lipinski definition) is 1. The molecule has 19 heavy (non-hydrogen) atoms. The van der Waals surface area contributed by atoms with E-state index in [0.29, 0.717) is 29.6 Å². The molecule has 1 saturated heterocycles. The Balaban J connectivity index is 1.93. The summed E-state index contributed by atoms with van der Waals surface area (Å²) < 4.78 is 0. The number of rotatable bonds is 2. The van der Waals surface area contributed by atoms with Crippen LogP contribution in [0.2, 0.25) is 5.02 Å². The minimum absolute atomic E-state index is 0.0403. The number of nitrogens with zero attached hydrogens (tertiary/aromatic N) is 1.